The standard InChI is InChI=1S/C11H12N2O3/c1-2-9(11(14)15)16-10-7-8-5-3-4-6-13(8)12-10/h3-7,9H,2H2,1H3,(H,14,15). The molecule has 0 saturated carbocycles. The van der Waals surface area contributed by atoms with E-state index in [0.29, 0.717) is 12.3 Å². The molecule has 5 heteroatoms. The third kappa shape index (κ3) is 1.98. The number of carboxylic acids is 1. The molecule has 0 aliphatic carbocycles. The minimum absolute atomic E-state index is 0.334. The number of rotatable bonds is 4. The number of fused-ring (bicyclic) bond motifs is 1. The van der Waals surface area contributed by atoms with Gasteiger partial charge in [0.25, 0.3) is 0 Å². The van der Waals surface area contributed by atoms with Crippen LogP contribution in [0.2, 0.25) is 0 Å². The first kappa shape index (κ1) is 10.5. The summed E-state index contributed by atoms with van der Waals surface area (Å²) in [6, 6.07) is 7.32. The lowest BCUT2D eigenvalue weighted by Gasteiger charge is -2.09. The van der Waals surface area contributed by atoms with E-state index in [9.17, 15) is 4.79 Å². The number of aromatic nitrogens is 2. The summed E-state index contributed by atoms with van der Waals surface area (Å²) in [4.78, 5) is 10.8. The summed E-state index contributed by atoms with van der Waals surface area (Å²) in [5.74, 6) is -0.639. The van der Waals surface area contributed by atoms with Gasteiger partial charge in [-0.2, -0.15) is 0 Å². The quantitative estimate of drug-likeness (QED) is 0.849. The molecule has 1 N–H and O–H groups in total. The number of pyridine rings is 1. The van der Waals surface area contributed by atoms with Gasteiger partial charge in [0.15, 0.2) is 6.10 Å². The SMILES string of the molecule is CCC(Oc1cc2ccccn2n1)C(=O)O. The lowest BCUT2D eigenvalue weighted by molar-refractivity contribution is -0.145. The lowest BCUT2D eigenvalue weighted by atomic mass is 10.3. The van der Waals surface area contributed by atoms with Gasteiger partial charge < -0.3 is 9.84 Å². The Labute approximate surface area is 92.3 Å². The van der Waals surface area contributed by atoms with Crippen LogP contribution in [0.1, 0.15) is 13.3 Å². The van der Waals surface area contributed by atoms with Crippen molar-refractivity contribution in [3.05, 3.63) is 30.5 Å². The zero-order valence-corrected chi connectivity index (χ0v) is 8.83. The van der Waals surface area contributed by atoms with E-state index in [0.717, 1.165) is 5.52 Å². The molecule has 1 unspecified atom stereocenters. The van der Waals surface area contributed by atoms with Crippen molar-refractivity contribution in [2.24, 2.45) is 0 Å². The van der Waals surface area contributed by atoms with E-state index >= 15 is 0 Å². The predicted octanol–water partition coefficient (Wildman–Crippen LogP) is 1.58. The molecule has 0 aliphatic heterocycles. The molecule has 0 spiro atoms. The van der Waals surface area contributed by atoms with Crippen molar-refractivity contribution in [2.75, 3.05) is 0 Å². The van der Waals surface area contributed by atoms with Crippen LogP contribution in [0.5, 0.6) is 5.88 Å². The predicted molar refractivity (Wildman–Crippen MR) is 57.5 cm³/mol. The molecule has 2 heterocycles. The molecule has 2 aromatic rings. The van der Waals surface area contributed by atoms with Crippen LogP contribution >= 0.6 is 0 Å². The molecule has 0 bridgehead atoms. The Morgan fingerprint density at radius 2 is 2.44 bits per heavy atom. The number of aliphatic carboxylic acids is 1. The van der Waals surface area contributed by atoms with Crippen molar-refractivity contribution in [1.82, 2.24) is 9.61 Å². The maximum Gasteiger partial charge on any atom is 0.344 e. The van der Waals surface area contributed by atoms with Gasteiger partial charge in [-0.15, -0.1) is 5.10 Å². The van der Waals surface area contributed by atoms with Gasteiger partial charge in [-0.05, 0) is 18.6 Å². The number of ether oxygens (including phenoxy) is 1. The topological polar surface area (TPSA) is 63.8 Å². The zero-order valence-electron chi connectivity index (χ0n) is 8.83. The maximum absolute atomic E-state index is 10.8. The Bertz CT molecular complexity index is 474. The lowest BCUT2D eigenvalue weighted by Crippen LogP contribution is -2.26. The van der Waals surface area contributed by atoms with Crippen LogP contribution in [0.15, 0.2) is 30.5 Å². The summed E-state index contributed by atoms with van der Waals surface area (Å²) in [5.41, 5.74) is 0.873. The summed E-state index contributed by atoms with van der Waals surface area (Å²) in [6.07, 6.45) is 1.34. The monoisotopic (exact) mass is 220 g/mol. The van der Waals surface area contributed by atoms with Gasteiger partial charge in [0.1, 0.15) is 0 Å². The van der Waals surface area contributed by atoms with E-state index < -0.39 is 12.1 Å². The van der Waals surface area contributed by atoms with Gasteiger partial charge in [0.05, 0.1) is 5.52 Å². The fraction of sp³-hybridized carbons (Fsp3) is 0.273. The Morgan fingerprint density at radius 3 is 3.06 bits per heavy atom. The zero-order chi connectivity index (χ0) is 11.5. The van der Waals surface area contributed by atoms with Crippen molar-refractivity contribution in [3.8, 4) is 5.88 Å². The number of carbonyl (C=O) groups is 1. The van der Waals surface area contributed by atoms with Gasteiger partial charge in [0.2, 0.25) is 5.88 Å². The fourth-order valence-corrected chi connectivity index (χ4v) is 1.43. The molecular weight excluding hydrogens is 208 g/mol. The van der Waals surface area contributed by atoms with Crippen LogP contribution in [0.4, 0.5) is 0 Å². The highest BCUT2D eigenvalue weighted by Gasteiger charge is 2.18. The molecule has 0 amide bonds. The summed E-state index contributed by atoms with van der Waals surface area (Å²) >= 11 is 0. The highest BCUT2D eigenvalue weighted by Crippen LogP contribution is 2.15. The summed E-state index contributed by atoms with van der Waals surface area (Å²) in [5, 5.41) is 13.0. The molecule has 0 radical (unpaired) electrons. The van der Waals surface area contributed by atoms with Gasteiger partial charge >= 0.3 is 5.97 Å². The normalized spacial score (nSPS) is 12.6. The van der Waals surface area contributed by atoms with Crippen LogP contribution in [0, 0.1) is 0 Å². The van der Waals surface area contributed by atoms with Crippen LogP contribution < -0.4 is 4.74 Å². The number of hydrogen-bond donors (Lipinski definition) is 1. The van der Waals surface area contributed by atoms with Crippen molar-refractivity contribution in [1.29, 1.82) is 0 Å². The van der Waals surface area contributed by atoms with Crippen LogP contribution in [0.25, 0.3) is 5.52 Å². The Hall–Kier alpha value is -2.04. The van der Waals surface area contributed by atoms with E-state index in [2.05, 4.69) is 5.10 Å². The van der Waals surface area contributed by atoms with E-state index in [-0.39, 0.29) is 0 Å². The molecule has 16 heavy (non-hydrogen) atoms. The van der Waals surface area contributed by atoms with Gasteiger partial charge in [-0.1, -0.05) is 13.0 Å². The van der Waals surface area contributed by atoms with Crippen LogP contribution in [-0.4, -0.2) is 26.8 Å². The third-order valence-electron chi connectivity index (χ3n) is 2.26. The van der Waals surface area contributed by atoms with Crippen LogP contribution in [-0.2, 0) is 4.79 Å². The van der Waals surface area contributed by atoms with E-state index in [1.807, 2.05) is 18.2 Å². The van der Waals surface area contributed by atoms with Gasteiger partial charge in [0, 0.05) is 12.3 Å². The van der Waals surface area contributed by atoms with Crippen molar-refractivity contribution < 1.29 is 14.6 Å². The van der Waals surface area contributed by atoms with E-state index in [4.69, 9.17) is 9.84 Å². The number of hydrogen-bond acceptors (Lipinski definition) is 3. The molecule has 5 nitrogen and oxygen atoms in total. The molecule has 1 atom stereocenters. The molecule has 0 aromatic carbocycles. The first-order valence-corrected chi connectivity index (χ1v) is 5.04. The highest BCUT2D eigenvalue weighted by atomic mass is 16.5. The van der Waals surface area contributed by atoms with Crippen molar-refractivity contribution >= 4 is 11.5 Å². The average molecular weight is 220 g/mol. The fourth-order valence-electron chi connectivity index (χ4n) is 1.43. The summed E-state index contributed by atoms with van der Waals surface area (Å²) in [6.45, 7) is 1.76. The molecule has 0 fully saturated rings. The summed E-state index contributed by atoms with van der Waals surface area (Å²) < 4.78 is 6.92. The molecule has 84 valence electrons. The first-order chi connectivity index (χ1) is 7.70. The van der Waals surface area contributed by atoms with Crippen LogP contribution in [0.3, 0.4) is 0 Å². The smallest absolute Gasteiger partial charge is 0.344 e. The second-order valence-electron chi connectivity index (χ2n) is 3.41. The second-order valence-corrected chi connectivity index (χ2v) is 3.41. The van der Waals surface area contributed by atoms with Crippen molar-refractivity contribution in [2.45, 2.75) is 19.4 Å². The molecule has 0 aliphatic rings. The Kier molecular flexibility index (Phi) is 2.76. The van der Waals surface area contributed by atoms with E-state index in [1.165, 1.54) is 0 Å². The largest absolute Gasteiger partial charge is 0.479 e. The molecule has 0 saturated heterocycles. The number of nitrogens with zero attached hydrogens (tertiary/aromatic N) is 2. The minimum Gasteiger partial charge on any atom is -0.479 e. The highest BCUT2D eigenvalue weighted by molar-refractivity contribution is 5.72. The first-order valence-electron chi connectivity index (χ1n) is 5.04. The van der Waals surface area contributed by atoms with E-state index in [1.54, 1.807) is 23.7 Å². The van der Waals surface area contributed by atoms with Crippen molar-refractivity contribution in [3.63, 3.8) is 0 Å². The number of carboxylic acid groups (broad SMARTS) is 1. The maximum atomic E-state index is 10.8. The third-order valence-corrected chi connectivity index (χ3v) is 2.26. The minimum atomic E-state index is -0.973. The van der Waals surface area contributed by atoms with Gasteiger partial charge in [-0.3, -0.25) is 0 Å². The van der Waals surface area contributed by atoms with Gasteiger partial charge in [-0.25, -0.2) is 9.31 Å². The molecular formula is C11H12N2O3. The summed E-state index contributed by atoms with van der Waals surface area (Å²) in [7, 11) is 0. The molecule has 2 aromatic heterocycles. The second kappa shape index (κ2) is 4.22. The molecule has 2 rings (SSSR count). The Morgan fingerprint density at radius 1 is 1.62 bits per heavy atom. The Balaban J connectivity index is 2.24. The average Bonchev–Trinajstić information content (AvgIpc) is 2.67.